The monoisotopic (exact) mass is 461 g/mol. The number of hydrogen-bond acceptors (Lipinski definition) is 2. The molecule has 6 aromatic carbocycles. The van der Waals surface area contributed by atoms with Crippen LogP contribution in [0.5, 0.6) is 0 Å². The molecule has 1 N–H and O–H groups in total. The maximum Gasteiger partial charge on any atom is 0.143 e. The normalized spacial score (nSPS) is 11.3. The van der Waals surface area contributed by atoms with Gasteiger partial charge in [0.1, 0.15) is 11.2 Å². The van der Waals surface area contributed by atoms with Crippen LogP contribution in [0.2, 0.25) is 0 Å². The molecule has 1 aromatic heterocycles. The van der Waals surface area contributed by atoms with Gasteiger partial charge in [-0.1, -0.05) is 103 Å². The van der Waals surface area contributed by atoms with Crippen molar-refractivity contribution in [2.45, 2.75) is 0 Å². The van der Waals surface area contributed by atoms with E-state index in [1.54, 1.807) is 0 Å². The van der Waals surface area contributed by atoms with Crippen LogP contribution in [-0.2, 0) is 0 Å². The third-order valence-electron chi connectivity index (χ3n) is 6.87. The summed E-state index contributed by atoms with van der Waals surface area (Å²) in [5.41, 5.74) is 8.66. The number of furan rings is 1. The van der Waals surface area contributed by atoms with E-state index in [9.17, 15) is 0 Å². The molecule has 0 fully saturated rings. The molecular weight excluding hydrogens is 438 g/mol. The first kappa shape index (κ1) is 20.5. The summed E-state index contributed by atoms with van der Waals surface area (Å²) in [5.74, 6) is 0. The Morgan fingerprint density at radius 1 is 0.472 bits per heavy atom. The van der Waals surface area contributed by atoms with Crippen molar-refractivity contribution in [3.05, 3.63) is 133 Å². The molecule has 0 spiro atoms. The molecule has 0 aliphatic rings. The third kappa shape index (κ3) is 3.52. The first-order valence-electron chi connectivity index (χ1n) is 12.2. The molecule has 2 heteroatoms. The topological polar surface area (TPSA) is 25.2 Å². The van der Waals surface area contributed by atoms with Crippen LogP contribution in [0.4, 0.5) is 11.4 Å². The maximum absolute atomic E-state index is 6.34. The van der Waals surface area contributed by atoms with Gasteiger partial charge in [0.05, 0.1) is 0 Å². The number of nitrogens with one attached hydrogen (secondary N) is 1. The van der Waals surface area contributed by atoms with Crippen LogP contribution in [0.25, 0.3) is 55.0 Å². The van der Waals surface area contributed by atoms with Crippen molar-refractivity contribution in [1.82, 2.24) is 0 Å². The van der Waals surface area contributed by atoms with Gasteiger partial charge in [0.25, 0.3) is 0 Å². The van der Waals surface area contributed by atoms with Gasteiger partial charge in [0, 0.05) is 33.1 Å². The van der Waals surface area contributed by atoms with E-state index in [1.807, 2.05) is 6.07 Å². The first-order valence-corrected chi connectivity index (χ1v) is 12.2. The summed E-state index contributed by atoms with van der Waals surface area (Å²) in [7, 11) is 0. The average molecular weight is 462 g/mol. The van der Waals surface area contributed by atoms with Crippen LogP contribution in [0.15, 0.2) is 138 Å². The van der Waals surface area contributed by atoms with Crippen LogP contribution >= 0.6 is 0 Å². The highest BCUT2D eigenvalue weighted by Crippen LogP contribution is 2.37. The lowest BCUT2D eigenvalue weighted by Gasteiger charge is -2.11. The molecule has 7 aromatic rings. The van der Waals surface area contributed by atoms with Gasteiger partial charge in [-0.2, -0.15) is 0 Å². The minimum Gasteiger partial charge on any atom is -0.455 e. The number of anilines is 2. The van der Waals surface area contributed by atoms with Crippen molar-refractivity contribution in [1.29, 1.82) is 0 Å². The molecule has 7 rings (SSSR count). The Bertz CT molecular complexity index is 1840. The fraction of sp³-hybridized carbons (Fsp3) is 0. The van der Waals surface area contributed by atoms with E-state index in [0.29, 0.717) is 0 Å². The molecule has 0 atom stereocenters. The summed E-state index contributed by atoms with van der Waals surface area (Å²) in [4.78, 5) is 0. The molecule has 0 unspecified atom stereocenters. The summed E-state index contributed by atoms with van der Waals surface area (Å²) in [6.45, 7) is 0. The second kappa shape index (κ2) is 8.44. The van der Waals surface area contributed by atoms with Crippen LogP contribution in [0.3, 0.4) is 0 Å². The second-order valence-corrected chi connectivity index (χ2v) is 9.09. The van der Waals surface area contributed by atoms with Crippen molar-refractivity contribution in [3.8, 4) is 22.3 Å². The summed E-state index contributed by atoms with van der Waals surface area (Å²) >= 11 is 0. The van der Waals surface area contributed by atoms with Crippen molar-refractivity contribution in [2.24, 2.45) is 0 Å². The fourth-order valence-corrected chi connectivity index (χ4v) is 5.06. The van der Waals surface area contributed by atoms with E-state index in [0.717, 1.165) is 44.4 Å². The fourth-order valence-electron chi connectivity index (χ4n) is 5.06. The molecule has 0 saturated heterocycles. The van der Waals surface area contributed by atoms with Gasteiger partial charge >= 0.3 is 0 Å². The Hall–Kier alpha value is -4.82. The Kier molecular flexibility index (Phi) is 4.82. The van der Waals surface area contributed by atoms with Gasteiger partial charge in [-0.15, -0.1) is 0 Å². The Balaban J connectivity index is 1.24. The number of rotatable bonds is 4. The van der Waals surface area contributed by atoms with Crippen molar-refractivity contribution in [2.75, 3.05) is 5.32 Å². The smallest absolute Gasteiger partial charge is 0.143 e. The lowest BCUT2D eigenvalue weighted by Crippen LogP contribution is -1.91. The minimum absolute atomic E-state index is 0.909. The van der Waals surface area contributed by atoms with Gasteiger partial charge < -0.3 is 9.73 Å². The molecule has 1 heterocycles. The molecule has 0 saturated carbocycles. The van der Waals surface area contributed by atoms with Gasteiger partial charge in [-0.05, 0) is 52.4 Å². The zero-order valence-electron chi connectivity index (χ0n) is 19.6. The van der Waals surface area contributed by atoms with Gasteiger partial charge in [0.15, 0.2) is 0 Å². The zero-order chi connectivity index (χ0) is 23.9. The molecule has 0 aliphatic heterocycles. The van der Waals surface area contributed by atoms with Crippen LogP contribution in [0.1, 0.15) is 0 Å². The largest absolute Gasteiger partial charge is 0.455 e. The standard InChI is InChI=1S/C34H23NO/c1-2-8-25(9-3-1)29-13-7-14-30-31-22-26(18-21-33(31)36-34(29)30)23-16-19-27(20-17-23)35-32-15-6-11-24-10-4-5-12-28(24)32/h1-22,35H. The Morgan fingerprint density at radius 3 is 2.08 bits per heavy atom. The second-order valence-electron chi connectivity index (χ2n) is 9.09. The molecule has 0 aliphatic carbocycles. The minimum atomic E-state index is 0.909. The average Bonchev–Trinajstić information content (AvgIpc) is 3.32. The third-order valence-corrected chi connectivity index (χ3v) is 6.87. The maximum atomic E-state index is 6.34. The zero-order valence-corrected chi connectivity index (χ0v) is 19.6. The van der Waals surface area contributed by atoms with E-state index in [2.05, 4.69) is 133 Å². The lowest BCUT2D eigenvalue weighted by atomic mass is 10.00. The van der Waals surface area contributed by atoms with Gasteiger partial charge in [-0.25, -0.2) is 0 Å². The number of benzene rings is 6. The molecule has 0 bridgehead atoms. The van der Waals surface area contributed by atoms with Crippen molar-refractivity contribution in [3.63, 3.8) is 0 Å². The summed E-state index contributed by atoms with van der Waals surface area (Å²) in [6.07, 6.45) is 0. The summed E-state index contributed by atoms with van der Waals surface area (Å²) < 4.78 is 6.34. The van der Waals surface area contributed by atoms with Crippen LogP contribution in [0, 0.1) is 0 Å². The number of fused-ring (bicyclic) bond motifs is 4. The molecule has 0 amide bonds. The van der Waals surface area contributed by atoms with Crippen molar-refractivity contribution >= 4 is 44.1 Å². The predicted molar refractivity (Wildman–Crippen MR) is 152 cm³/mol. The number of para-hydroxylation sites is 1. The van der Waals surface area contributed by atoms with E-state index >= 15 is 0 Å². The molecule has 170 valence electrons. The van der Waals surface area contributed by atoms with E-state index in [-0.39, 0.29) is 0 Å². The predicted octanol–water partition coefficient (Wildman–Crippen LogP) is 9.82. The van der Waals surface area contributed by atoms with E-state index in [1.165, 1.54) is 21.9 Å². The van der Waals surface area contributed by atoms with E-state index in [4.69, 9.17) is 4.42 Å². The first-order chi connectivity index (χ1) is 17.8. The summed E-state index contributed by atoms with van der Waals surface area (Å²) in [5, 5.41) is 8.31. The van der Waals surface area contributed by atoms with Crippen LogP contribution < -0.4 is 5.32 Å². The van der Waals surface area contributed by atoms with Crippen LogP contribution in [-0.4, -0.2) is 0 Å². The highest BCUT2D eigenvalue weighted by molar-refractivity contribution is 6.10. The highest BCUT2D eigenvalue weighted by atomic mass is 16.3. The Labute approximate surface area is 209 Å². The summed E-state index contributed by atoms with van der Waals surface area (Å²) in [6, 6.07) is 46.7. The molecule has 2 nitrogen and oxygen atoms in total. The Morgan fingerprint density at radius 2 is 1.19 bits per heavy atom. The molecule has 0 radical (unpaired) electrons. The SMILES string of the molecule is c1ccc(-c2cccc3c2oc2ccc(-c4ccc(Nc5cccc6ccccc56)cc4)cc23)cc1. The van der Waals surface area contributed by atoms with Crippen molar-refractivity contribution < 1.29 is 4.42 Å². The quantitative estimate of drug-likeness (QED) is 0.282. The molecular formula is C34H23NO. The van der Waals surface area contributed by atoms with Gasteiger partial charge in [0.2, 0.25) is 0 Å². The van der Waals surface area contributed by atoms with E-state index < -0.39 is 0 Å². The highest BCUT2D eigenvalue weighted by Gasteiger charge is 2.13. The van der Waals surface area contributed by atoms with Gasteiger partial charge in [-0.3, -0.25) is 0 Å². The number of hydrogen-bond donors (Lipinski definition) is 1. The lowest BCUT2D eigenvalue weighted by molar-refractivity contribution is 0.670. The molecule has 36 heavy (non-hydrogen) atoms.